The quantitative estimate of drug-likeness (QED) is 0.611. The monoisotopic (exact) mass is 454 g/mol. The minimum atomic E-state index is -0.790. The number of hydrogen-bond donors (Lipinski definition) is 2. The maximum atomic E-state index is 12.7. The van der Waals surface area contributed by atoms with Crippen molar-refractivity contribution in [3.63, 3.8) is 0 Å². The molecule has 1 aliphatic heterocycles. The molecule has 0 bridgehead atoms. The lowest BCUT2D eigenvalue weighted by molar-refractivity contribution is 0.0941. The van der Waals surface area contributed by atoms with Crippen molar-refractivity contribution in [1.82, 2.24) is 10.3 Å². The minimum Gasteiger partial charge on any atom is -0.412 e. The molecule has 2 atom stereocenters. The van der Waals surface area contributed by atoms with Crippen LogP contribution in [0, 0.1) is 6.92 Å². The first-order chi connectivity index (χ1) is 15.0. The van der Waals surface area contributed by atoms with E-state index in [0.717, 1.165) is 24.8 Å². The zero-order valence-corrected chi connectivity index (χ0v) is 20.0. The molecule has 1 aromatic heterocycles. The lowest BCUT2D eigenvalue weighted by atomic mass is 9.60. The summed E-state index contributed by atoms with van der Waals surface area (Å²) >= 11 is 0. The van der Waals surface area contributed by atoms with E-state index in [1.54, 1.807) is 0 Å². The van der Waals surface area contributed by atoms with E-state index >= 15 is 0 Å². The number of fused-ring (bicyclic) bond motifs is 1. The first-order valence-corrected chi connectivity index (χ1v) is 12.9. The van der Waals surface area contributed by atoms with Crippen LogP contribution >= 0.6 is 0 Å². The normalized spacial score (nSPS) is 21.1. The Morgan fingerprint density at radius 2 is 1.84 bits per heavy atom. The average molecular weight is 455 g/mol. The van der Waals surface area contributed by atoms with Gasteiger partial charge in [-0.1, -0.05) is 56.2 Å². The smallest absolute Gasteiger partial charge is 0.251 e. The fraction of sp³-hybridized carbons (Fsp3) is 0.423. The van der Waals surface area contributed by atoms with Gasteiger partial charge >= 0.3 is 0 Å². The van der Waals surface area contributed by atoms with Crippen LogP contribution in [-0.2, 0) is 16.2 Å². The number of H-pyrrole nitrogens is 1. The predicted molar refractivity (Wildman–Crippen MR) is 133 cm³/mol. The third-order valence-electron chi connectivity index (χ3n) is 6.69. The highest BCUT2D eigenvalue weighted by Crippen LogP contribution is 2.51. The summed E-state index contributed by atoms with van der Waals surface area (Å²) in [5.74, 6) is 1.17. The molecule has 3 aromatic rings. The highest BCUT2D eigenvalue weighted by atomic mass is 32.2. The van der Waals surface area contributed by atoms with Crippen molar-refractivity contribution in [3.8, 4) is 0 Å². The van der Waals surface area contributed by atoms with Gasteiger partial charge in [0.15, 0.2) is 0 Å². The molecule has 1 saturated heterocycles. The fourth-order valence-electron chi connectivity index (χ4n) is 4.83. The van der Waals surface area contributed by atoms with Crippen LogP contribution in [0.1, 0.15) is 66.6 Å². The van der Waals surface area contributed by atoms with E-state index in [0.29, 0.717) is 17.1 Å². The number of rotatable bonds is 4. The Balaban J connectivity index is 0.000000938. The van der Waals surface area contributed by atoms with E-state index in [1.807, 2.05) is 26.0 Å². The van der Waals surface area contributed by atoms with Gasteiger partial charge in [0.05, 0.1) is 0 Å². The van der Waals surface area contributed by atoms with Gasteiger partial charge in [0.1, 0.15) is 0 Å². The first kappa shape index (κ1) is 24.2. The van der Waals surface area contributed by atoms with Crippen LogP contribution in [-0.4, -0.2) is 38.1 Å². The Morgan fingerprint density at radius 1 is 1.12 bits per heavy atom. The van der Waals surface area contributed by atoms with Crippen molar-refractivity contribution < 1.29 is 14.5 Å². The second-order valence-corrected chi connectivity index (χ2v) is 10.2. The number of benzene rings is 2. The standard InChI is InChI=1S/C24H26N2O2S.C2H6.H2O/c1-16-3-6-18(7-4-16)24(10-2-11-24)21-14-25-22-13-17(5-8-20(21)22)23(27)26-19-9-12-29(28)15-19;1-2;/h3-8,13-14,19,25H,2,9-12,15H2,1H3,(H,26,27);1-2H3;1H2. The summed E-state index contributed by atoms with van der Waals surface area (Å²) < 4.78 is 11.6. The van der Waals surface area contributed by atoms with E-state index in [2.05, 4.69) is 53.8 Å². The third kappa shape index (κ3) is 4.39. The summed E-state index contributed by atoms with van der Waals surface area (Å²) in [6, 6.07) is 14.9. The Labute approximate surface area is 192 Å². The highest BCUT2D eigenvalue weighted by molar-refractivity contribution is 7.85. The predicted octanol–water partition coefficient (Wildman–Crippen LogP) is 4.40. The van der Waals surface area contributed by atoms with Crippen LogP contribution in [0.4, 0.5) is 0 Å². The Hall–Kier alpha value is -2.44. The van der Waals surface area contributed by atoms with Gasteiger partial charge < -0.3 is 15.8 Å². The molecule has 2 unspecified atom stereocenters. The lowest BCUT2D eigenvalue weighted by Crippen LogP contribution is -2.35. The number of amides is 1. The summed E-state index contributed by atoms with van der Waals surface area (Å²) in [5.41, 5.74) is 5.72. The molecule has 2 aromatic carbocycles. The molecule has 1 aliphatic carbocycles. The van der Waals surface area contributed by atoms with Crippen molar-refractivity contribution in [2.45, 2.75) is 57.9 Å². The summed E-state index contributed by atoms with van der Waals surface area (Å²) in [4.78, 5) is 16.1. The van der Waals surface area contributed by atoms with E-state index in [1.165, 1.54) is 28.5 Å². The van der Waals surface area contributed by atoms with E-state index in [9.17, 15) is 9.00 Å². The maximum Gasteiger partial charge on any atom is 0.251 e. The molecule has 32 heavy (non-hydrogen) atoms. The van der Waals surface area contributed by atoms with Crippen LogP contribution < -0.4 is 5.32 Å². The zero-order chi connectivity index (χ0) is 22.0. The number of carbonyl (C=O) groups excluding carboxylic acids is 1. The maximum absolute atomic E-state index is 12.7. The number of aromatic nitrogens is 1. The van der Waals surface area contributed by atoms with Gasteiger partial charge in [-0.05, 0) is 49.4 Å². The van der Waals surface area contributed by atoms with Crippen molar-refractivity contribution in [1.29, 1.82) is 0 Å². The molecule has 2 aliphatic rings. The van der Waals surface area contributed by atoms with E-state index < -0.39 is 10.8 Å². The van der Waals surface area contributed by atoms with Crippen LogP contribution in [0.3, 0.4) is 0 Å². The number of carbonyl (C=O) groups is 1. The van der Waals surface area contributed by atoms with Gasteiger partial charge in [-0.2, -0.15) is 0 Å². The average Bonchev–Trinajstić information content (AvgIpc) is 3.36. The molecule has 0 spiro atoms. The van der Waals surface area contributed by atoms with Gasteiger partial charge in [-0.25, -0.2) is 0 Å². The van der Waals surface area contributed by atoms with Crippen LogP contribution in [0.5, 0.6) is 0 Å². The number of aryl methyl sites for hydroxylation is 1. The molecule has 172 valence electrons. The van der Waals surface area contributed by atoms with Crippen molar-refractivity contribution in [3.05, 3.63) is 70.9 Å². The second-order valence-electron chi connectivity index (χ2n) is 8.53. The zero-order valence-electron chi connectivity index (χ0n) is 19.2. The van der Waals surface area contributed by atoms with Gasteiger partial charge in [-0.15, -0.1) is 0 Å². The summed E-state index contributed by atoms with van der Waals surface area (Å²) in [6.07, 6.45) is 6.48. The highest BCUT2D eigenvalue weighted by Gasteiger charge is 2.41. The molecule has 4 N–H and O–H groups in total. The molecule has 2 fully saturated rings. The Bertz CT molecular complexity index is 1100. The van der Waals surface area contributed by atoms with Gasteiger partial charge in [-0.3, -0.25) is 9.00 Å². The van der Waals surface area contributed by atoms with Crippen LogP contribution in [0.15, 0.2) is 48.7 Å². The SMILES string of the molecule is CC.Cc1ccc(C2(c3c[nH]c4cc(C(=O)NC5CCS(=O)C5)ccc34)CCC2)cc1.O. The van der Waals surface area contributed by atoms with Gasteiger partial charge in [0.25, 0.3) is 5.91 Å². The summed E-state index contributed by atoms with van der Waals surface area (Å²) in [6.45, 7) is 6.12. The van der Waals surface area contributed by atoms with Crippen molar-refractivity contribution >= 4 is 27.6 Å². The molecular weight excluding hydrogens is 420 g/mol. The first-order valence-electron chi connectivity index (χ1n) is 11.4. The fourth-order valence-corrected chi connectivity index (χ4v) is 6.24. The topological polar surface area (TPSA) is 93.5 Å². The second kappa shape index (κ2) is 10.0. The molecule has 1 saturated carbocycles. The molecular formula is C26H34N2O3S. The number of hydrogen-bond acceptors (Lipinski definition) is 2. The van der Waals surface area contributed by atoms with Crippen molar-refractivity contribution in [2.24, 2.45) is 0 Å². The number of aromatic amines is 1. The van der Waals surface area contributed by atoms with Crippen LogP contribution in [0.2, 0.25) is 0 Å². The molecule has 5 nitrogen and oxygen atoms in total. The molecule has 2 heterocycles. The molecule has 0 radical (unpaired) electrons. The van der Waals surface area contributed by atoms with E-state index in [-0.39, 0.29) is 22.8 Å². The Morgan fingerprint density at radius 3 is 2.44 bits per heavy atom. The largest absolute Gasteiger partial charge is 0.412 e. The molecule has 1 amide bonds. The van der Waals surface area contributed by atoms with E-state index in [4.69, 9.17) is 0 Å². The Kier molecular flexibility index (Phi) is 7.57. The number of nitrogens with one attached hydrogen (secondary N) is 2. The summed E-state index contributed by atoms with van der Waals surface area (Å²) in [5, 5.41) is 4.23. The van der Waals surface area contributed by atoms with Crippen molar-refractivity contribution in [2.75, 3.05) is 11.5 Å². The van der Waals surface area contributed by atoms with Crippen LogP contribution in [0.25, 0.3) is 10.9 Å². The van der Waals surface area contributed by atoms with Gasteiger partial charge in [0, 0.05) is 56.4 Å². The molecule has 6 heteroatoms. The summed E-state index contributed by atoms with van der Waals surface area (Å²) in [7, 11) is -0.790. The third-order valence-corrected chi connectivity index (χ3v) is 8.15. The van der Waals surface area contributed by atoms with Gasteiger partial charge in [0.2, 0.25) is 0 Å². The molecule has 5 rings (SSSR count). The minimum absolute atomic E-state index is 0. The lowest BCUT2D eigenvalue weighted by Gasteiger charge is -2.42.